The van der Waals surface area contributed by atoms with Crippen molar-refractivity contribution in [1.29, 1.82) is 0 Å². The zero-order valence-electron chi connectivity index (χ0n) is 12.3. The lowest BCUT2D eigenvalue weighted by Crippen LogP contribution is -2.32. The summed E-state index contributed by atoms with van der Waals surface area (Å²) in [6, 6.07) is 4.09. The van der Waals surface area contributed by atoms with Crippen molar-refractivity contribution in [3.05, 3.63) is 41.2 Å². The molecule has 0 heterocycles. The van der Waals surface area contributed by atoms with Gasteiger partial charge >= 0.3 is 5.97 Å². The summed E-state index contributed by atoms with van der Waals surface area (Å²) in [5, 5.41) is 8.53. The molecule has 0 fully saturated rings. The predicted molar refractivity (Wildman–Crippen MR) is 79.6 cm³/mol. The summed E-state index contributed by atoms with van der Waals surface area (Å²) < 4.78 is 13.9. The topological polar surface area (TPSA) is 57.6 Å². The first-order valence-corrected chi connectivity index (χ1v) is 6.99. The number of halogens is 1. The summed E-state index contributed by atoms with van der Waals surface area (Å²) in [5.74, 6) is -1.95. The minimum absolute atomic E-state index is 0.145. The molecule has 1 amide bonds. The van der Waals surface area contributed by atoms with E-state index in [0.29, 0.717) is 13.1 Å². The van der Waals surface area contributed by atoms with E-state index in [-0.39, 0.29) is 17.0 Å². The first-order valence-electron chi connectivity index (χ1n) is 6.99. The van der Waals surface area contributed by atoms with E-state index in [1.165, 1.54) is 18.2 Å². The van der Waals surface area contributed by atoms with Crippen LogP contribution in [-0.4, -0.2) is 35.0 Å². The highest BCUT2D eigenvalue weighted by Gasteiger charge is 2.15. The van der Waals surface area contributed by atoms with E-state index < -0.39 is 11.8 Å². The standard InChI is InChI=1S/C16H20FNO3/c1-3-9-18(10-4-2)16(21)13-6-5-12(14(17)11-13)7-8-15(19)20/h5-8,11H,3-4,9-10H2,1-2H3,(H,19,20). The maximum atomic E-state index is 13.9. The third-order valence-electron chi connectivity index (χ3n) is 2.93. The molecule has 0 aliphatic carbocycles. The number of nitrogens with zero attached hydrogens (tertiary/aromatic N) is 1. The normalized spacial score (nSPS) is 10.8. The monoisotopic (exact) mass is 293 g/mol. The fourth-order valence-corrected chi connectivity index (χ4v) is 1.99. The molecule has 0 atom stereocenters. The van der Waals surface area contributed by atoms with Gasteiger partial charge in [0.1, 0.15) is 5.82 Å². The Kier molecular flexibility index (Phi) is 6.59. The number of benzene rings is 1. The summed E-state index contributed by atoms with van der Waals surface area (Å²) in [5.41, 5.74) is 0.424. The van der Waals surface area contributed by atoms with Crippen LogP contribution in [0.2, 0.25) is 0 Å². The zero-order chi connectivity index (χ0) is 15.8. The van der Waals surface area contributed by atoms with Gasteiger partial charge in [-0.15, -0.1) is 0 Å². The molecule has 4 nitrogen and oxygen atoms in total. The Hall–Kier alpha value is -2.17. The molecule has 0 aliphatic heterocycles. The van der Waals surface area contributed by atoms with Crippen molar-refractivity contribution < 1.29 is 19.1 Å². The van der Waals surface area contributed by atoms with Gasteiger partial charge in [0.05, 0.1) is 0 Å². The fraction of sp³-hybridized carbons (Fsp3) is 0.375. The molecular weight excluding hydrogens is 273 g/mol. The molecule has 1 rings (SSSR count). The number of carbonyl (C=O) groups is 2. The summed E-state index contributed by atoms with van der Waals surface area (Å²) in [6.07, 6.45) is 3.71. The molecule has 0 bridgehead atoms. The van der Waals surface area contributed by atoms with Crippen molar-refractivity contribution in [3.8, 4) is 0 Å². The SMILES string of the molecule is CCCN(CCC)C(=O)c1ccc(C=CC(=O)O)c(F)c1. The molecule has 0 unspecified atom stereocenters. The number of aliphatic carboxylic acids is 1. The van der Waals surface area contributed by atoms with Crippen LogP contribution in [0.1, 0.15) is 42.6 Å². The van der Waals surface area contributed by atoms with Crippen molar-refractivity contribution >= 4 is 18.0 Å². The van der Waals surface area contributed by atoms with Crippen LogP contribution in [-0.2, 0) is 4.79 Å². The Bertz CT molecular complexity index is 534. The molecule has 1 aromatic carbocycles. The minimum atomic E-state index is -1.15. The zero-order valence-corrected chi connectivity index (χ0v) is 12.3. The second-order valence-electron chi connectivity index (χ2n) is 4.70. The van der Waals surface area contributed by atoms with Gasteiger partial charge < -0.3 is 10.0 Å². The van der Waals surface area contributed by atoms with E-state index in [9.17, 15) is 14.0 Å². The molecule has 1 aromatic rings. The lowest BCUT2D eigenvalue weighted by Gasteiger charge is -2.21. The van der Waals surface area contributed by atoms with E-state index in [1.807, 2.05) is 13.8 Å². The van der Waals surface area contributed by atoms with Crippen LogP contribution in [0.4, 0.5) is 4.39 Å². The first-order chi connectivity index (χ1) is 9.99. The van der Waals surface area contributed by atoms with Crippen LogP contribution in [0.15, 0.2) is 24.3 Å². The van der Waals surface area contributed by atoms with Gasteiger partial charge in [-0.05, 0) is 31.1 Å². The molecule has 0 aromatic heterocycles. The lowest BCUT2D eigenvalue weighted by molar-refractivity contribution is -0.131. The number of carboxylic acids is 1. The number of amides is 1. The number of carboxylic acid groups (broad SMARTS) is 1. The quantitative estimate of drug-likeness (QED) is 0.785. The molecule has 5 heteroatoms. The molecule has 114 valence electrons. The van der Waals surface area contributed by atoms with Crippen molar-refractivity contribution in [1.82, 2.24) is 4.90 Å². The smallest absolute Gasteiger partial charge is 0.328 e. The molecule has 0 aliphatic rings. The minimum Gasteiger partial charge on any atom is -0.478 e. The molecular formula is C16H20FNO3. The summed E-state index contributed by atoms with van der Waals surface area (Å²) >= 11 is 0. The molecule has 0 saturated carbocycles. The Morgan fingerprint density at radius 2 is 1.86 bits per heavy atom. The largest absolute Gasteiger partial charge is 0.478 e. The maximum absolute atomic E-state index is 13.9. The van der Waals surface area contributed by atoms with Gasteiger partial charge in [-0.1, -0.05) is 19.9 Å². The highest BCUT2D eigenvalue weighted by Crippen LogP contribution is 2.14. The van der Waals surface area contributed by atoms with Gasteiger partial charge in [0.15, 0.2) is 0 Å². The van der Waals surface area contributed by atoms with Crippen LogP contribution in [0.3, 0.4) is 0 Å². The Morgan fingerprint density at radius 1 is 1.24 bits per heavy atom. The fourth-order valence-electron chi connectivity index (χ4n) is 1.99. The molecule has 21 heavy (non-hydrogen) atoms. The molecule has 0 spiro atoms. The Morgan fingerprint density at radius 3 is 2.33 bits per heavy atom. The number of hydrogen-bond acceptors (Lipinski definition) is 2. The molecule has 1 N–H and O–H groups in total. The van der Waals surface area contributed by atoms with Crippen LogP contribution >= 0.6 is 0 Å². The van der Waals surface area contributed by atoms with Gasteiger partial charge in [-0.2, -0.15) is 0 Å². The summed E-state index contributed by atoms with van der Waals surface area (Å²) in [7, 11) is 0. The summed E-state index contributed by atoms with van der Waals surface area (Å²) in [4.78, 5) is 24.4. The van der Waals surface area contributed by atoms with Crippen molar-refractivity contribution in [3.63, 3.8) is 0 Å². The third-order valence-corrected chi connectivity index (χ3v) is 2.93. The maximum Gasteiger partial charge on any atom is 0.328 e. The van der Waals surface area contributed by atoms with Gasteiger partial charge in [0.2, 0.25) is 0 Å². The van der Waals surface area contributed by atoms with Crippen LogP contribution in [0.25, 0.3) is 6.08 Å². The van der Waals surface area contributed by atoms with Crippen LogP contribution in [0, 0.1) is 5.82 Å². The average Bonchev–Trinajstić information content (AvgIpc) is 2.44. The van der Waals surface area contributed by atoms with E-state index >= 15 is 0 Å². The van der Waals surface area contributed by atoms with Crippen molar-refractivity contribution in [2.24, 2.45) is 0 Å². The number of carbonyl (C=O) groups excluding carboxylic acids is 1. The second-order valence-corrected chi connectivity index (χ2v) is 4.70. The summed E-state index contributed by atoms with van der Waals surface area (Å²) in [6.45, 7) is 5.23. The average molecular weight is 293 g/mol. The highest BCUT2D eigenvalue weighted by molar-refractivity contribution is 5.94. The Labute approximate surface area is 123 Å². The van der Waals surface area contributed by atoms with E-state index in [0.717, 1.165) is 25.0 Å². The van der Waals surface area contributed by atoms with Crippen molar-refractivity contribution in [2.75, 3.05) is 13.1 Å². The first kappa shape index (κ1) is 16.9. The number of hydrogen-bond donors (Lipinski definition) is 1. The highest BCUT2D eigenvalue weighted by atomic mass is 19.1. The van der Waals surface area contributed by atoms with Gasteiger partial charge in [-0.25, -0.2) is 9.18 Å². The molecule has 0 saturated heterocycles. The van der Waals surface area contributed by atoms with Gasteiger partial charge in [0.25, 0.3) is 5.91 Å². The van der Waals surface area contributed by atoms with Gasteiger partial charge in [-0.3, -0.25) is 4.79 Å². The van der Waals surface area contributed by atoms with E-state index in [2.05, 4.69) is 0 Å². The molecule has 0 radical (unpaired) electrons. The van der Waals surface area contributed by atoms with E-state index in [4.69, 9.17) is 5.11 Å². The van der Waals surface area contributed by atoms with Gasteiger partial charge in [0, 0.05) is 30.3 Å². The Balaban J connectivity index is 2.96. The van der Waals surface area contributed by atoms with Crippen LogP contribution in [0.5, 0.6) is 0 Å². The number of rotatable bonds is 7. The third kappa shape index (κ3) is 5.02. The van der Waals surface area contributed by atoms with E-state index in [1.54, 1.807) is 4.90 Å². The van der Waals surface area contributed by atoms with Crippen molar-refractivity contribution in [2.45, 2.75) is 26.7 Å². The predicted octanol–water partition coefficient (Wildman–Crippen LogP) is 3.19. The second kappa shape index (κ2) is 8.19. The van der Waals surface area contributed by atoms with Crippen LogP contribution < -0.4 is 0 Å². The lowest BCUT2D eigenvalue weighted by atomic mass is 10.1.